The molecule has 1 amide bonds. The van der Waals surface area contributed by atoms with Gasteiger partial charge in [0.15, 0.2) is 0 Å². The van der Waals surface area contributed by atoms with Crippen LogP contribution in [0.4, 0.5) is 15.8 Å². The molecule has 0 saturated heterocycles. The molecule has 0 spiro atoms. The summed E-state index contributed by atoms with van der Waals surface area (Å²) in [6.07, 6.45) is 1.47. The molecule has 1 heterocycles. The maximum atomic E-state index is 12.9. The van der Waals surface area contributed by atoms with Gasteiger partial charge in [0, 0.05) is 0 Å². The summed E-state index contributed by atoms with van der Waals surface area (Å²) in [7, 11) is 0. The van der Waals surface area contributed by atoms with E-state index in [0.717, 1.165) is 6.07 Å². The van der Waals surface area contributed by atoms with Crippen molar-refractivity contribution in [1.82, 2.24) is 4.98 Å². The highest BCUT2D eigenvalue weighted by Crippen LogP contribution is 2.23. The zero-order chi connectivity index (χ0) is 14.0. The number of nitrogens with zero attached hydrogens (tertiary/aromatic N) is 1. The third kappa shape index (κ3) is 3.00. The molecule has 19 heavy (non-hydrogen) atoms. The quantitative estimate of drug-likeness (QED) is 0.888. The lowest BCUT2D eigenvalue weighted by Gasteiger charge is -2.09. The Labute approximate surface area is 114 Å². The van der Waals surface area contributed by atoms with Crippen molar-refractivity contribution in [2.45, 2.75) is 6.92 Å². The molecule has 0 unspecified atom stereocenters. The molecular weight excluding hydrogens is 269 g/mol. The van der Waals surface area contributed by atoms with Crippen LogP contribution in [0.5, 0.6) is 0 Å². The molecule has 0 fully saturated rings. The summed E-state index contributed by atoms with van der Waals surface area (Å²) in [4.78, 5) is 16.1. The standard InChI is InChI=1S/C13H11ClFN3O/c1-7-10(5-9(16)6-17-7)13(19)18-12-3-2-8(15)4-11(12)14/h2-6H,16H2,1H3,(H,18,19). The van der Waals surface area contributed by atoms with E-state index >= 15 is 0 Å². The Kier molecular flexibility index (Phi) is 3.66. The van der Waals surface area contributed by atoms with Crippen LogP contribution in [0, 0.1) is 12.7 Å². The van der Waals surface area contributed by atoms with Gasteiger partial charge in [0.1, 0.15) is 5.82 Å². The van der Waals surface area contributed by atoms with Gasteiger partial charge >= 0.3 is 0 Å². The minimum absolute atomic E-state index is 0.128. The van der Waals surface area contributed by atoms with E-state index in [9.17, 15) is 9.18 Å². The molecule has 98 valence electrons. The summed E-state index contributed by atoms with van der Waals surface area (Å²) < 4.78 is 12.9. The van der Waals surface area contributed by atoms with Crippen molar-refractivity contribution >= 4 is 28.9 Å². The number of carbonyl (C=O) groups is 1. The first-order valence-electron chi connectivity index (χ1n) is 5.46. The Hall–Kier alpha value is -2.14. The highest BCUT2D eigenvalue weighted by atomic mass is 35.5. The number of pyridine rings is 1. The number of aryl methyl sites for hydroxylation is 1. The molecule has 3 N–H and O–H groups in total. The van der Waals surface area contributed by atoms with Gasteiger partial charge in [0.2, 0.25) is 0 Å². The van der Waals surface area contributed by atoms with Crippen molar-refractivity contribution < 1.29 is 9.18 Å². The van der Waals surface area contributed by atoms with E-state index in [-0.39, 0.29) is 5.02 Å². The van der Waals surface area contributed by atoms with E-state index in [1.54, 1.807) is 6.92 Å². The Morgan fingerprint density at radius 2 is 2.16 bits per heavy atom. The molecule has 1 aromatic heterocycles. The average Bonchev–Trinajstić information content (AvgIpc) is 2.35. The second kappa shape index (κ2) is 5.24. The topological polar surface area (TPSA) is 68.0 Å². The largest absolute Gasteiger partial charge is 0.397 e. The SMILES string of the molecule is Cc1ncc(N)cc1C(=O)Nc1ccc(F)cc1Cl. The molecule has 0 bridgehead atoms. The number of anilines is 2. The van der Waals surface area contributed by atoms with Crippen LogP contribution < -0.4 is 11.1 Å². The van der Waals surface area contributed by atoms with Crippen molar-refractivity contribution in [1.29, 1.82) is 0 Å². The number of benzene rings is 1. The maximum absolute atomic E-state index is 12.9. The van der Waals surface area contributed by atoms with Gasteiger partial charge in [-0.05, 0) is 31.2 Å². The van der Waals surface area contributed by atoms with E-state index in [1.807, 2.05) is 0 Å². The smallest absolute Gasteiger partial charge is 0.257 e. The summed E-state index contributed by atoms with van der Waals surface area (Å²) >= 11 is 5.84. The van der Waals surface area contributed by atoms with Crippen molar-refractivity contribution in [3.63, 3.8) is 0 Å². The Bertz CT molecular complexity index is 646. The first-order chi connectivity index (χ1) is 8.97. The monoisotopic (exact) mass is 279 g/mol. The first kappa shape index (κ1) is 13.3. The van der Waals surface area contributed by atoms with E-state index in [0.29, 0.717) is 22.6 Å². The van der Waals surface area contributed by atoms with Gasteiger partial charge < -0.3 is 11.1 Å². The normalized spacial score (nSPS) is 10.3. The van der Waals surface area contributed by atoms with Gasteiger partial charge in [-0.25, -0.2) is 4.39 Å². The third-order valence-electron chi connectivity index (χ3n) is 2.53. The van der Waals surface area contributed by atoms with Crippen LogP contribution in [-0.2, 0) is 0 Å². The van der Waals surface area contributed by atoms with Crippen LogP contribution in [0.3, 0.4) is 0 Å². The maximum Gasteiger partial charge on any atom is 0.257 e. The highest BCUT2D eigenvalue weighted by Gasteiger charge is 2.12. The number of carbonyl (C=O) groups excluding carboxylic acids is 1. The summed E-state index contributed by atoms with van der Waals surface area (Å²) in [5.41, 5.74) is 7.20. The number of nitrogen functional groups attached to an aromatic ring is 1. The van der Waals surface area contributed by atoms with Crippen LogP contribution in [0.1, 0.15) is 16.1 Å². The number of nitrogens with one attached hydrogen (secondary N) is 1. The molecule has 2 rings (SSSR count). The predicted molar refractivity (Wildman–Crippen MR) is 72.7 cm³/mol. The molecule has 1 aromatic carbocycles. The molecule has 6 heteroatoms. The summed E-state index contributed by atoms with van der Waals surface area (Å²) in [6.45, 7) is 1.70. The third-order valence-corrected chi connectivity index (χ3v) is 2.84. The number of rotatable bonds is 2. The van der Waals surface area contributed by atoms with Gasteiger partial charge in [0.05, 0.1) is 33.9 Å². The van der Waals surface area contributed by atoms with Gasteiger partial charge in [-0.1, -0.05) is 11.6 Å². The molecule has 0 aliphatic carbocycles. The Morgan fingerprint density at radius 1 is 1.42 bits per heavy atom. The number of halogens is 2. The van der Waals surface area contributed by atoms with E-state index in [4.69, 9.17) is 17.3 Å². The number of nitrogens with two attached hydrogens (primary N) is 1. The van der Waals surface area contributed by atoms with Gasteiger partial charge in [-0.3, -0.25) is 9.78 Å². The van der Waals surface area contributed by atoms with Crippen molar-refractivity contribution in [3.05, 3.63) is 52.6 Å². The van der Waals surface area contributed by atoms with Gasteiger partial charge in [-0.2, -0.15) is 0 Å². The number of amides is 1. The molecular formula is C13H11ClFN3O. The molecule has 2 aromatic rings. The average molecular weight is 280 g/mol. The van der Waals surface area contributed by atoms with E-state index in [1.165, 1.54) is 24.4 Å². The van der Waals surface area contributed by atoms with Crippen LogP contribution in [-0.4, -0.2) is 10.9 Å². The number of aromatic nitrogens is 1. The first-order valence-corrected chi connectivity index (χ1v) is 5.83. The van der Waals surface area contributed by atoms with Gasteiger partial charge in [-0.15, -0.1) is 0 Å². The van der Waals surface area contributed by atoms with E-state index < -0.39 is 11.7 Å². The second-order valence-corrected chi connectivity index (χ2v) is 4.39. The number of hydrogen-bond acceptors (Lipinski definition) is 3. The van der Waals surface area contributed by atoms with Gasteiger partial charge in [0.25, 0.3) is 5.91 Å². The molecule has 0 aliphatic rings. The lowest BCUT2D eigenvalue weighted by molar-refractivity contribution is 0.102. The Morgan fingerprint density at radius 3 is 2.84 bits per heavy atom. The molecule has 0 atom stereocenters. The fourth-order valence-electron chi connectivity index (χ4n) is 1.56. The van der Waals surface area contributed by atoms with Crippen LogP contribution in [0.15, 0.2) is 30.5 Å². The fourth-order valence-corrected chi connectivity index (χ4v) is 1.77. The second-order valence-electron chi connectivity index (χ2n) is 3.98. The summed E-state index contributed by atoms with van der Waals surface area (Å²) in [5.74, 6) is -0.865. The van der Waals surface area contributed by atoms with E-state index in [2.05, 4.69) is 10.3 Å². The summed E-state index contributed by atoms with van der Waals surface area (Å²) in [6, 6.07) is 5.26. The van der Waals surface area contributed by atoms with Crippen molar-refractivity contribution in [2.75, 3.05) is 11.1 Å². The minimum Gasteiger partial charge on any atom is -0.397 e. The zero-order valence-corrected chi connectivity index (χ0v) is 10.8. The van der Waals surface area contributed by atoms with Crippen LogP contribution >= 0.6 is 11.6 Å². The number of hydrogen-bond donors (Lipinski definition) is 2. The fraction of sp³-hybridized carbons (Fsp3) is 0.0769. The summed E-state index contributed by atoms with van der Waals surface area (Å²) in [5, 5.41) is 2.72. The molecule has 4 nitrogen and oxygen atoms in total. The highest BCUT2D eigenvalue weighted by molar-refractivity contribution is 6.33. The van der Waals surface area contributed by atoms with Crippen molar-refractivity contribution in [2.24, 2.45) is 0 Å². The predicted octanol–water partition coefficient (Wildman–Crippen LogP) is 3.02. The van der Waals surface area contributed by atoms with Crippen LogP contribution in [0.2, 0.25) is 5.02 Å². The zero-order valence-electron chi connectivity index (χ0n) is 10.1. The molecule has 0 aliphatic heterocycles. The van der Waals surface area contributed by atoms with Crippen molar-refractivity contribution in [3.8, 4) is 0 Å². The Balaban J connectivity index is 2.28. The van der Waals surface area contributed by atoms with Crippen LogP contribution in [0.25, 0.3) is 0 Å². The molecule has 0 radical (unpaired) electrons. The lowest BCUT2D eigenvalue weighted by atomic mass is 10.1. The minimum atomic E-state index is -0.468. The lowest BCUT2D eigenvalue weighted by Crippen LogP contribution is -2.15. The molecule has 0 saturated carbocycles.